The highest BCUT2D eigenvalue weighted by Crippen LogP contribution is 2.63. The summed E-state index contributed by atoms with van der Waals surface area (Å²) < 4.78 is 14.1. The molecule has 2 unspecified atom stereocenters. The number of ether oxygens (including phenoxy) is 3. The molecule has 2 fully saturated rings. The van der Waals surface area contributed by atoms with Gasteiger partial charge in [-0.25, -0.2) is 0 Å². The molecule has 0 aromatic carbocycles. The summed E-state index contributed by atoms with van der Waals surface area (Å²) in [5, 5.41) is 0. The Balaban J connectivity index is 1.74. The van der Waals surface area contributed by atoms with Crippen LogP contribution in [0.2, 0.25) is 0 Å². The van der Waals surface area contributed by atoms with E-state index in [0.29, 0.717) is 13.2 Å². The zero-order valence-electron chi connectivity index (χ0n) is 6.91. The van der Waals surface area contributed by atoms with Crippen molar-refractivity contribution in [1.82, 2.24) is 0 Å². The molecule has 0 aromatic rings. The molecule has 2 aliphatic heterocycles. The Bertz CT molecular complexity index is 269. The molecule has 0 aromatic heterocycles. The smallest absolute Gasteiger partial charge is 0.221 e. The predicted octanol–water partition coefficient (Wildman–Crippen LogP) is 4.13. The standard InChI is InChI=1S/C6H4Br6O3/c7-3(5(9,10)14-3)1-13-2-4(8)6(11,12)15-4/h1-2H2. The van der Waals surface area contributed by atoms with Crippen molar-refractivity contribution < 1.29 is 14.2 Å². The summed E-state index contributed by atoms with van der Waals surface area (Å²) in [6.45, 7) is 0.798. The highest BCUT2D eigenvalue weighted by atomic mass is 79.9. The molecule has 0 spiro atoms. The number of rotatable bonds is 4. The van der Waals surface area contributed by atoms with E-state index in [2.05, 4.69) is 95.6 Å². The molecule has 15 heavy (non-hydrogen) atoms. The van der Waals surface area contributed by atoms with Crippen LogP contribution in [-0.2, 0) is 14.2 Å². The summed E-state index contributed by atoms with van der Waals surface area (Å²) in [5.74, 6) is 0. The summed E-state index contributed by atoms with van der Waals surface area (Å²) >= 11 is 20.1. The first-order chi connectivity index (χ1) is 6.62. The second-order valence-electron chi connectivity index (χ2n) is 3.19. The van der Waals surface area contributed by atoms with Gasteiger partial charge in [0.2, 0.25) is 6.84 Å². The third-order valence-corrected chi connectivity index (χ3v) is 9.18. The Morgan fingerprint density at radius 1 is 0.733 bits per heavy atom. The minimum absolute atomic E-state index is 0.399. The van der Waals surface area contributed by atoms with Gasteiger partial charge in [-0.3, -0.25) is 0 Å². The van der Waals surface area contributed by atoms with Crippen molar-refractivity contribution in [3.63, 3.8) is 0 Å². The summed E-state index contributed by atoms with van der Waals surface area (Å²) in [4.78, 5) is 0. The van der Waals surface area contributed by atoms with E-state index in [9.17, 15) is 0 Å². The molecule has 0 aliphatic carbocycles. The molecule has 2 aliphatic rings. The van der Waals surface area contributed by atoms with Crippen molar-refractivity contribution in [3.05, 3.63) is 0 Å². The fourth-order valence-electron chi connectivity index (χ4n) is 0.896. The SMILES string of the molecule is BrC1(Br)OC1(Br)COCC1(Br)OC1(Br)Br. The lowest BCUT2D eigenvalue weighted by molar-refractivity contribution is 0.0897. The minimum atomic E-state index is -0.531. The number of halogens is 6. The summed E-state index contributed by atoms with van der Waals surface area (Å²) in [7, 11) is 0. The molecular formula is C6H4Br6O3. The molecule has 0 saturated carbocycles. The van der Waals surface area contributed by atoms with Gasteiger partial charge < -0.3 is 14.2 Å². The average molecular weight is 604 g/mol. The van der Waals surface area contributed by atoms with Crippen LogP contribution in [0.25, 0.3) is 0 Å². The molecule has 0 N–H and O–H groups in total. The lowest BCUT2D eigenvalue weighted by Gasteiger charge is -2.09. The molecule has 0 bridgehead atoms. The maximum absolute atomic E-state index is 5.50. The molecule has 2 heterocycles. The first kappa shape index (κ1) is 14.2. The Morgan fingerprint density at radius 3 is 1.20 bits per heavy atom. The number of hydrogen-bond acceptors (Lipinski definition) is 3. The molecule has 9 heteroatoms. The van der Waals surface area contributed by atoms with Gasteiger partial charge in [-0.2, -0.15) is 0 Å². The van der Waals surface area contributed by atoms with Gasteiger partial charge in [-0.05, 0) is 95.6 Å². The van der Waals surface area contributed by atoms with Crippen molar-refractivity contribution in [2.24, 2.45) is 0 Å². The van der Waals surface area contributed by atoms with Crippen LogP contribution >= 0.6 is 95.6 Å². The van der Waals surface area contributed by atoms with Crippen LogP contribution in [0, 0.1) is 0 Å². The molecule has 2 rings (SSSR count). The normalized spacial score (nSPS) is 45.2. The van der Waals surface area contributed by atoms with Gasteiger partial charge in [-0.15, -0.1) is 0 Å². The zero-order valence-corrected chi connectivity index (χ0v) is 16.4. The van der Waals surface area contributed by atoms with E-state index in [4.69, 9.17) is 14.2 Å². The van der Waals surface area contributed by atoms with Gasteiger partial charge in [0, 0.05) is 0 Å². The van der Waals surface area contributed by atoms with Gasteiger partial charge in [0.25, 0.3) is 0 Å². The van der Waals surface area contributed by atoms with Crippen LogP contribution in [0.5, 0.6) is 0 Å². The number of hydrogen-bond donors (Lipinski definition) is 0. The summed E-state index contributed by atoms with van der Waals surface area (Å²) in [5.41, 5.74) is 0. The van der Waals surface area contributed by atoms with E-state index in [1.807, 2.05) is 0 Å². The van der Waals surface area contributed by atoms with Gasteiger partial charge in [0.05, 0.1) is 13.2 Å². The Kier molecular flexibility index (Phi) is 3.90. The van der Waals surface area contributed by atoms with Crippen LogP contribution in [0.1, 0.15) is 0 Å². The lowest BCUT2D eigenvalue weighted by atomic mass is 10.5. The van der Waals surface area contributed by atoms with Crippen molar-refractivity contribution in [2.75, 3.05) is 13.2 Å². The van der Waals surface area contributed by atoms with Crippen LogP contribution in [0.3, 0.4) is 0 Å². The summed E-state index contributed by atoms with van der Waals surface area (Å²) in [6, 6.07) is 0. The van der Waals surface area contributed by atoms with E-state index in [-0.39, 0.29) is 0 Å². The van der Waals surface area contributed by atoms with Crippen LogP contribution in [-0.4, -0.2) is 29.1 Å². The molecule has 0 radical (unpaired) electrons. The molecule has 0 amide bonds. The molecule has 2 atom stereocenters. The number of epoxide rings is 2. The Hall–Kier alpha value is 2.76. The predicted molar refractivity (Wildman–Crippen MR) is 77.5 cm³/mol. The summed E-state index contributed by atoms with van der Waals surface area (Å²) in [6.07, 6.45) is 0. The Labute approximate surface area is 137 Å². The fourth-order valence-corrected chi connectivity index (χ4v) is 4.14. The largest absolute Gasteiger partial charge is 0.373 e. The Morgan fingerprint density at radius 2 is 1.00 bits per heavy atom. The first-order valence-electron chi connectivity index (χ1n) is 3.73. The van der Waals surface area contributed by atoms with Crippen molar-refractivity contribution in [1.29, 1.82) is 0 Å². The van der Waals surface area contributed by atoms with Gasteiger partial charge >= 0.3 is 0 Å². The van der Waals surface area contributed by atoms with E-state index >= 15 is 0 Å². The van der Waals surface area contributed by atoms with E-state index in [1.165, 1.54) is 0 Å². The maximum atomic E-state index is 5.50. The highest BCUT2D eigenvalue weighted by Gasteiger charge is 2.69. The molecule has 2 saturated heterocycles. The highest BCUT2D eigenvalue weighted by molar-refractivity contribution is 9.27. The lowest BCUT2D eigenvalue weighted by Crippen LogP contribution is -2.22. The fraction of sp³-hybridized carbons (Fsp3) is 1.00. The second-order valence-corrected chi connectivity index (χ2v) is 12.3. The van der Waals surface area contributed by atoms with Crippen molar-refractivity contribution in [3.8, 4) is 0 Å². The van der Waals surface area contributed by atoms with Crippen LogP contribution in [0.15, 0.2) is 0 Å². The topological polar surface area (TPSA) is 34.3 Å². The van der Waals surface area contributed by atoms with Crippen molar-refractivity contribution >= 4 is 95.6 Å². The quantitative estimate of drug-likeness (QED) is 0.358. The average Bonchev–Trinajstić information content (AvgIpc) is 2.67. The monoisotopic (exact) mass is 598 g/mol. The van der Waals surface area contributed by atoms with Gasteiger partial charge in [0.1, 0.15) is 0 Å². The van der Waals surface area contributed by atoms with E-state index in [1.54, 1.807) is 0 Å². The van der Waals surface area contributed by atoms with Crippen LogP contribution < -0.4 is 0 Å². The number of alkyl halides is 6. The van der Waals surface area contributed by atoms with E-state index in [0.717, 1.165) is 0 Å². The first-order valence-corrected chi connectivity index (χ1v) is 8.49. The molecule has 3 nitrogen and oxygen atoms in total. The third kappa shape index (κ3) is 2.70. The van der Waals surface area contributed by atoms with Gasteiger partial charge in [0.15, 0.2) is 9.02 Å². The molecule has 88 valence electrons. The third-order valence-electron chi connectivity index (χ3n) is 1.94. The van der Waals surface area contributed by atoms with Crippen molar-refractivity contribution in [2.45, 2.75) is 15.9 Å². The minimum Gasteiger partial charge on any atom is -0.373 e. The van der Waals surface area contributed by atoms with Crippen LogP contribution in [0.4, 0.5) is 0 Å². The second kappa shape index (κ2) is 4.13. The van der Waals surface area contributed by atoms with E-state index < -0.39 is 15.9 Å². The van der Waals surface area contributed by atoms with Gasteiger partial charge in [-0.1, -0.05) is 0 Å². The molecular weight excluding hydrogens is 599 g/mol. The zero-order chi connectivity index (χ0) is 11.5. The maximum Gasteiger partial charge on any atom is 0.221 e.